The van der Waals surface area contributed by atoms with Gasteiger partial charge in [0.05, 0.1) is 6.20 Å². The zero-order chi connectivity index (χ0) is 17.1. The Morgan fingerprint density at radius 2 is 2.00 bits per heavy atom. The number of aromatic nitrogens is 1. The zero-order valence-electron chi connectivity index (χ0n) is 14.2. The molecule has 3 heterocycles. The van der Waals surface area contributed by atoms with Crippen LogP contribution in [0, 0.1) is 0 Å². The number of rotatable bonds is 3. The Hall–Kier alpha value is -2.56. The lowest BCUT2D eigenvalue weighted by atomic mass is 9.83. The highest BCUT2D eigenvalue weighted by Crippen LogP contribution is 2.39. The number of hydrogen-bond acceptors (Lipinski definition) is 4. The van der Waals surface area contributed by atoms with Crippen molar-refractivity contribution in [2.75, 3.05) is 19.7 Å². The first kappa shape index (κ1) is 15.9. The molecule has 1 saturated heterocycles. The number of aryl methyl sites for hydroxylation is 1. The van der Waals surface area contributed by atoms with Gasteiger partial charge in [0.15, 0.2) is 6.61 Å². The summed E-state index contributed by atoms with van der Waals surface area (Å²) in [6.45, 7) is 1.50. The van der Waals surface area contributed by atoms with Crippen LogP contribution in [0.2, 0.25) is 0 Å². The van der Waals surface area contributed by atoms with Crippen LogP contribution in [0.1, 0.15) is 24.8 Å². The van der Waals surface area contributed by atoms with Crippen LogP contribution in [0.5, 0.6) is 11.5 Å². The fourth-order valence-corrected chi connectivity index (χ4v) is 3.64. The molecule has 4 rings (SSSR count). The van der Waals surface area contributed by atoms with Crippen molar-refractivity contribution < 1.29 is 14.3 Å². The van der Waals surface area contributed by atoms with E-state index in [1.54, 1.807) is 24.5 Å². The molecule has 0 N–H and O–H groups in total. The van der Waals surface area contributed by atoms with E-state index in [2.05, 4.69) is 23.2 Å². The Kier molecular flexibility index (Phi) is 4.30. The second kappa shape index (κ2) is 6.75. The molecule has 0 bridgehead atoms. The summed E-state index contributed by atoms with van der Waals surface area (Å²) in [4.78, 5) is 18.2. The number of carbonyl (C=O) groups excluding carboxylic acids is 1. The van der Waals surface area contributed by atoms with Crippen molar-refractivity contribution in [1.29, 1.82) is 0 Å². The van der Waals surface area contributed by atoms with Crippen LogP contribution in [0.15, 0.2) is 48.8 Å². The molecule has 1 fully saturated rings. The molecule has 1 spiro atoms. The van der Waals surface area contributed by atoms with Crippen molar-refractivity contribution in [3.8, 4) is 11.5 Å². The van der Waals surface area contributed by atoms with E-state index in [1.165, 1.54) is 5.56 Å². The van der Waals surface area contributed by atoms with E-state index in [0.717, 1.165) is 44.5 Å². The van der Waals surface area contributed by atoms with E-state index in [-0.39, 0.29) is 18.1 Å². The maximum Gasteiger partial charge on any atom is 0.260 e. The molecular weight excluding hydrogens is 316 g/mol. The minimum atomic E-state index is -0.116. The second-order valence-corrected chi connectivity index (χ2v) is 6.75. The highest BCUT2D eigenvalue weighted by molar-refractivity contribution is 5.77. The highest BCUT2D eigenvalue weighted by Gasteiger charge is 2.40. The van der Waals surface area contributed by atoms with Gasteiger partial charge in [-0.1, -0.05) is 18.2 Å². The van der Waals surface area contributed by atoms with Gasteiger partial charge in [0.25, 0.3) is 5.91 Å². The van der Waals surface area contributed by atoms with Crippen LogP contribution in [0.4, 0.5) is 0 Å². The summed E-state index contributed by atoms with van der Waals surface area (Å²) in [6, 6.07) is 11.9. The molecule has 130 valence electrons. The molecule has 0 radical (unpaired) electrons. The predicted octanol–water partition coefficient (Wildman–Crippen LogP) is 2.85. The largest absolute Gasteiger partial charge is 0.487 e. The molecule has 0 aliphatic carbocycles. The number of piperidine rings is 1. The molecule has 0 unspecified atom stereocenters. The number of ether oxygens (including phenoxy) is 2. The highest BCUT2D eigenvalue weighted by atomic mass is 16.5. The molecule has 25 heavy (non-hydrogen) atoms. The maximum atomic E-state index is 12.4. The fourth-order valence-electron chi connectivity index (χ4n) is 3.64. The average Bonchev–Trinajstić information content (AvgIpc) is 2.67. The summed E-state index contributed by atoms with van der Waals surface area (Å²) in [6.07, 6.45) is 7.12. The first-order valence-corrected chi connectivity index (χ1v) is 8.82. The monoisotopic (exact) mass is 338 g/mol. The Labute approximate surface area is 147 Å². The number of fused-ring (bicyclic) bond motifs is 1. The van der Waals surface area contributed by atoms with Gasteiger partial charge in [-0.05, 0) is 36.6 Å². The van der Waals surface area contributed by atoms with Crippen LogP contribution in [-0.4, -0.2) is 41.1 Å². The van der Waals surface area contributed by atoms with Gasteiger partial charge >= 0.3 is 0 Å². The molecule has 0 atom stereocenters. The number of nitrogens with zero attached hydrogens (tertiary/aromatic N) is 2. The Bertz CT molecular complexity index is 740. The van der Waals surface area contributed by atoms with Gasteiger partial charge in [-0.15, -0.1) is 0 Å². The van der Waals surface area contributed by atoms with Crippen LogP contribution in [0.3, 0.4) is 0 Å². The summed E-state index contributed by atoms with van der Waals surface area (Å²) >= 11 is 0. The average molecular weight is 338 g/mol. The summed E-state index contributed by atoms with van der Waals surface area (Å²) in [5.41, 5.74) is 1.17. The third-order valence-electron chi connectivity index (χ3n) is 5.17. The topological polar surface area (TPSA) is 51.7 Å². The van der Waals surface area contributed by atoms with E-state index in [4.69, 9.17) is 9.47 Å². The van der Waals surface area contributed by atoms with Crippen LogP contribution in [0.25, 0.3) is 0 Å². The third-order valence-corrected chi connectivity index (χ3v) is 5.17. The lowest BCUT2D eigenvalue weighted by Gasteiger charge is -2.44. The van der Waals surface area contributed by atoms with E-state index >= 15 is 0 Å². The second-order valence-electron chi connectivity index (χ2n) is 6.75. The van der Waals surface area contributed by atoms with Crippen molar-refractivity contribution in [3.05, 3.63) is 54.4 Å². The van der Waals surface area contributed by atoms with Gasteiger partial charge < -0.3 is 14.4 Å². The number of amides is 1. The van der Waals surface area contributed by atoms with Crippen molar-refractivity contribution in [2.24, 2.45) is 0 Å². The van der Waals surface area contributed by atoms with Crippen LogP contribution >= 0.6 is 0 Å². The number of hydrogen-bond donors (Lipinski definition) is 0. The van der Waals surface area contributed by atoms with Crippen molar-refractivity contribution >= 4 is 5.91 Å². The summed E-state index contributed by atoms with van der Waals surface area (Å²) in [7, 11) is 0. The Morgan fingerprint density at radius 1 is 1.16 bits per heavy atom. The molecule has 5 heteroatoms. The Morgan fingerprint density at radius 3 is 2.80 bits per heavy atom. The smallest absolute Gasteiger partial charge is 0.260 e. The normalized spacial score (nSPS) is 18.3. The molecule has 5 nitrogen and oxygen atoms in total. The first-order chi connectivity index (χ1) is 12.2. The van der Waals surface area contributed by atoms with E-state index in [0.29, 0.717) is 5.75 Å². The van der Waals surface area contributed by atoms with Gasteiger partial charge in [0, 0.05) is 32.1 Å². The van der Waals surface area contributed by atoms with Gasteiger partial charge in [-0.25, -0.2) is 0 Å². The van der Waals surface area contributed by atoms with Crippen molar-refractivity contribution in [1.82, 2.24) is 9.88 Å². The van der Waals surface area contributed by atoms with Gasteiger partial charge in [0.2, 0.25) is 0 Å². The molecule has 2 aliphatic rings. The summed E-state index contributed by atoms with van der Waals surface area (Å²) < 4.78 is 11.9. The first-order valence-electron chi connectivity index (χ1n) is 8.82. The molecule has 2 aliphatic heterocycles. The van der Waals surface area contributed by atoms with E-state index in [9.17, 15) is 4.79 Å². The summed E-state index contributed by atoms with van der Waals surface area (Å²) in [5, 5.41) is 0. The summed E-state index contributed by atoms with van der Waals surface area (Å²) in [5.74, 6) is 1.65. The third kappa shape index (κ3) is 3.45. The van der Waals surface area contributed by atoms with Crippen LogP contribution < -0.4 is 9.47 Å². The van der Waals surface area contributed by atoms with Gasteiger partial charge in [0.1, 0.15) is 17.1 Å². The number of carbonyl (C=O) groups is 1. The van der Waals surface area contributed by atoms with Gasteiger partial charge in [-0.2, -0.15) is 0 Å². The molecule has 2 aromatic rings. The van der Waals surface area contributed by atoms with Crippen molar-refractivity contribution in [3.63, 3.8) is 0 Å². The minimum absolute atomic E-state index is 0.0231. The van der Waals surface area contributed by atoms with Crippen molar-refractivity contribution in [2.45, 2.75) is 31.3 Å². The molecular formula is C20H22N2O3. The van der Waals surface area contributed by atoms with E-state index < -0.39 is 0 Å². The predicted molar refractivity (Wildman–Crippen MR) is 93.7 cm³/mol. The SMILES string of the molecule is O=C(COc1cccnc1)N1CCC2(CCc3ccccc3O2)CC1. The van der Waals surface area contributed by atoms with Crippen LogP contribution in [-0.2, 0) is 11.2 Å². The zero-order valence-corrected chi connectivity index (χ0v) is 14.2. The van der Waals surface area contributed by atoms with Gasteiger partial charge in [-0.3, -0.25) is 9.78 Å². The fraction of sp³-hybridized carbons (Fsp3) is 0.400. The standard InChI is InChI=1S/C20H22N2O3/c23-19(15-24-17-5-3-11-21-14-17)22-12-9-20(10-13-22)8-7-16-4-1-2-6-18(16)25-20/h1-6,11,14H,7-10,12-13,15H2. The lowest BCUT2D eigenvalue weighted by molar-refractivity contribution is -0.137. The lowest BCUT2D eigenvalue weighted by Crippen LogP contribution is -2.52. The number of likely N-dealkylation sites (tertiary alicyclic amines) is 1. The Balaban J connectivity index is 1.32. The number of para-hydroxylation sites is 1. The minimum Gasteiger partial charge on any atom is -0.487 e. The van der Waals surface area contributed by atoms with E-state index in [1.807, 2.05) is 11.0 Å². The molecule has 1 amide bonds. The maximum absolute atomic E-state index is 12.4. The number of benzene rings is 1. The molecule has 0 saturated carbocycles. The number of pyridine rings is 1. The molecule has 1 aromatic carbocycles. The quantitative estimate of drug-likeness (QED) is 0.863. The molecule has 1 aromatic heterocycles.